The zero-order chi connectivity index (χ0) is 20.0. The highest BCUT2D eigenvalue weighted by Gasteiger charge is 2.30. The van der Waals surface area contributed by atoms with Crippen molar-refractivity contribution in [2.75, 3.05) is 11.9 Å². The SMILES string of the molecule is CC1=Nc2c(F)cc(-c3ccn4nc(NCC(C)C)ncc34)cc2C1C(C)C. The second-order valence-corrected chi connectivity index (χ2v) is 8.29. The van der Waals surface area contributed by atoms with E-state index >= 15 is 0 Å². The number of hydrogen-bond acceptors (Lipinski definition) is 4. The van der Waals surface area contributed by atoms with Gasteiger partial charge in [0.2, 0.25) is 5.95 Å². The lowest BCUT2D eigenvalue weighted by Gasteiger charge is -2.17. The third kappa shape index (κ3) is 3.17. The van der Waals surface area contributed by atoms with Crippen molar-refractivity contribution in [1.29, 1.82) is 0 Å². The van der Waals surface area contributed by atoms with Crippen LogP contribution in [0.1, 0.15) is 46.1 Å². The number of benzene rings is 1. The van der Waals surface area contributed by atoms with E-state index in [1.54, 1.807) is 16.8 Å². The number of nitrogens with zero attached hydrogens (tertiary/aromatic N) is 4. The molecule has 6 heteroatoms. The van der Waals surface area contributed by atoms with Gasteiger partial charge in [-0.3, -0.25) is 4.99 Å². The highest BCUT2D eigenvalue weighted by Crippen LogP contribution is 2.43. The van der Waals surface area contributed by atoms with Crippen molar-refractivity contribution < 1.29 is 4.39 Å². The van der Waals surface area contributed by atoms with E-state index in [0.717, 1.165) is 34.5 Å². The first kappa shape index (κ1) is 18.6. The van der Waals surface area contributed by atoms with E-state index in [0.29, 0.717) is 23.5 Å². The molecule has 0 spiro atoms. The molecule has 5 nitrogen and oxygen atoms in total. The van der Waals surface area contributed by atoms with Crippen molar-refractivity contribution in [3.8, 4) is 11.1 Å². The van der Waals surface area contributed by atoms with Gasteiger partial charge in [0.15, 0.2) is 0 Å². The van der Waals surface area contributed by atoms with Crippen molar-refractivity contribution in [2.24, 2.45) is 16.8 Å². The minimum Gasteiger partial charge on any atom is -0.353 e. The summed E-state index contributed by atoms with van der Waals surface area (Å²) in [6.45, 7) is 11.4. The smallest absolute Gasteiger partial charge is 0.241 e. The Bertz CT molecular complexity index is 1060. The molecule has 0 radical (unpaired) electrons. The van der Waals surface area contributed by atoms with Crippen molar-refractivity contribution in [3.63, 3.8) is 0 Å². The Morgan fingerprint density at radius 1 is 1.21 bits per heavy atom. The number of nitrogens with one attached hydrogen (secondary N) is 1. The van der Waals surface area contributed by atoms with Crippen LogP contribution in [-0.4, -0.2) is 26.9 Å². The average Bonchev–Trinajstić information content (AvgIpc) is 3.20. The molecule has 1 aliphatic heterocycles. The summed E-state index contributed by atoms with van der Waals surface area (Å²) in [7, 11) is 0. The molecule has 1 aliphatic rings. The van der Waals surface area contributed by atoms with Gasteiger partial charge >= 0.3 is 0 Å². The Morgan fingerprint density at radius 3 is 2.71 bits per heavy atom. The monoisotopic (exact) mass is 379 g/mol. The first-order chi connectivity index (χ1) is 13.3. The van der Waals surface area contributed by atoms with E-state index in [-0.39, 0.29) is 11.7 Å². The van der Waals surface area contributed by atoms with Crippen molar-refractivity contribution >= 4 is 22.9 Å². The number of anilines is 1. The molecule has 1 aromatic carbocycles. The van der Waals surface area contributed by atoms with E-state index < -0.39 is 0 Å². The quantitative estimate of drug-likeness (QED) is 0.641. The number of aromatic nitrogens is 3. The highest BCUT2D eigenvalue weighted by atomic mass is 19.1. The Labute approximate surface area is 164 Å². The molecule has 3 heterocycles. The minimum absolute atomic E-state index is 0.154. The summed E-state index contributed by atoms with van der Waals surface area (Å²) in [6, 6.07) is 5.60. The van der Waals surface area contributed by atoms with Gasteiger partial charge < -0.3 is 5.32 Å². The number of halogens is 1. The normalized spacial score (nSPS) is 16.1. The van der Waals surface area contributed by atoms with Crippen LogP contribution in [0.2, 0.25) is 0 Å². The van der Waals surface area contributed by atoms with Crippen LogP contribution < -0.4 is 5.32 Å². The Morgan fingerprint density at radius 2 is 2.00 bits per heavy atom. The van der Waals surface area contributed by atoms with E-state index in [2.05, 4.69) is 54.2 Å². The molecule has 0 fully saturated rings. The minimum atomic E-state index is -0.273. The molecule has 0 amide bonds. The van der Waals surface area contributed by atoms with Gasteiger partial charge in [0.1, 0.15) is 11.5 Å². The predicted octanol–water partition coefficient (Wildman–Crippen LogP) is 5.45. The van der Waals surface area contributed by atoms with Gasteiger partial charge in [-0.1, -0.05) is 27.7 Å². The molecular formula is C22H26FN5. The third-order valence-corrected chi connectivity index (χ3v) is 5.23. The molecule has 28 heavy (non-hydrogen) atoms. The van der Waals surface area contributed by atoms with Gasteiger partial charge in [-0.15, -0.1) is 5.10 Å². The summed E-state index contributed by atoms with van der Waals surface area (Å²) in [5.74, 6) is 1.34. The van der Waals surface area contributed by atoms with Crippen LogP contribution in [0, 0.1) is 17.7 Å². The number of fused-ring (bicyclic) bond motifs is 2. The van der Waals surface area contributed by atoms with Crippen LogP contribution >= 0.6 is 0 Å². The number of rotatable bonds is 5. The maximum Gasteiger partial charge on any atom is 0.241 e. The van der Waals surface area contributed by atoms with Gasteiger partial charge in [0.25, 0.3) is 0 Å². The maximum atomic E-state index is 14.8. The fourth-order valence-electron chi connectivity index (χ4n) is 3.96. The van der Waals surface area contributed by atoms with Crippen LogP contribution in [0.3, 0.4) is 0 Å². The van der Waals surface area contributed by atoms with E-state index in [1.807, 2.05) is 19.2 Å². The van der Waals surface area contributed by atoms with Crippen LogP contribution in [0.25, 0.3) is 16.6 Å². The largest absolute Gasteiger partial charge is 0.353 e. The van der Waals surface area contributed by atoms with Crippen molar-refractivity contribution in [1.82, 2.24) is 14.6 Å². The lowest BCUT2D eigenvalue weighted by atomic mass is 9.85. The summed E-state index contributed by atoms with van der Waals surface area (Å²) in [5.41, 5.74) is 5.04. The number of aliphatic imine (C=N–C) groups is 1. The standard InChI is InChI=1S/C22H26FN5/c1-12(2)10-24-22-25-11-19-16(6-7-28(19)27-22)15-8-17-20(13(3)4)14(5)26-21(17)18(23)9-15/h6-9,11-13,20H,10H2,1-5H3,(H,24,27). The average molecular weight is 379 g/mol. The van der Waals surface area contributed by atoms with Crippen molar-refractivity contribution in [2.45, 2.75) is 40.5 Å². The Kier molecular flexibility index (Phi) is 4.65. The summed E-state index contributed by atoms with van der Waals surface area (Å²) < 4.78 is 16.6. The molecular weight excluding hydrogens is 353 g/mol. The van der Waals surface area contributed by atoms with Gasteiger partial charge in [0, 0.05) is 29.9 Å². The fourth-order valence-corrected chi connectivity index (χ4v) is 3.96. The predicted molar refractivity (Wildman–Crippen MR) is 112 cm³/mol. The fraction of sp³-hybridized carbons (Fsp3) is 0.409. The molecule has 0 aliphatic carbocycles. The summed E-state index contributed by atoms with van der Waals surface area (Å²) in [5, 5.41) is 7.75. The van der Waals surface area contributed by atoms with Crippen molar-refractivity contribution in [3.05, 3.63) is 42.0 Å². The molecule has 4 rings (SSSR count). The molecule has 146 valence electrons. The Hall–Kier alpha value is -2.76. The molecule has 1 unspecified atom stereocenters. The van der Waals surface area contributed by atoms with E-state index in [9.17, 15) is 4.39 Å². The summed E-state index contributed by atoms with van der Waals surface area (Å²) in [6.07, 6.45) is 3.68. The maximum absolute atomic E-state index is 14.8. The lowest BCUT2D eigenvalue weighted by Crippen LogP contribution is -2.12. The first-order valence-electron chi connectivity index (χ1n) is 9.82. The van der Waals surface area contributed by atoms with Gasteiger partial charge in [-0.2, -0.15) is 0 Å². The zero-order valence-electron chi connectivity index (χ0n) is 17.0. The molecule has 1 N–H and O–H groups in total. The van der Waals surface area contributed by atoms with Crippen LogP contribution in [0.5, 0.6) is 0 Å². The van der Waals surface area contributed by atoms with Crippen LogP contribution in [-0.2, 0) is 0 Å². The van der Waals surface area contributed by atoms with Crippen LogP contribution in [0.4, 0.5) is 16.0 Å². The molecule has 0 saturated carbocycles. The van der Waals surface area contributed by atoms with E-state index in [4.69, 9.17) is 0 Å². The molecule has 3 aromatic rings. The second kappa shape index (κ2) is 7.00. The van der Waals surface area contributed by atoms with Gasteiger partial charge in [-0.25, -0.2) is 13.9 Å². The summed E-state index contributed by atoms with van der Waals surface area (Å²) >= 11 is 0. The number of hydrogen-bond donors (Lipinski definition) is 1. The topological polar surface area (TPSA) is 54.6 Å². The second-order valence-electron chi connectivity index (χ2n) is 8.29. The van der Waals surface area contributed by atoms with Gasteiger partial charge in [-0.05, 0) is 48.1 Å². The van der Waals surface area contributed by atoms with Gasteiger partial charge in [0.05, 0.1) is 11.7 Å². The lowest BCUT2D eigenvalue weighted by molar-refractivity contribution is 0.601. The summed E-state index contributed by atoms with van der Waals surface area (Å²) in [4.78, 5) is 8.92. The Balaban J connectivity index is 1.75. The molecule has 1 atom stereocenters. The first-order valence-corrected chi connectivity index (χ1v) is 9.82. The molecule has 0 saturated heterocycles. The van der Waals surface area contributed by atoms with Crippen LogP contribution in [0.15, 0.2) is 35.6 Å². The highest BCUT2D eigenvalue weighted by molar-refractivity contribution is 5.97. The zero-order valence-corrected chi connectivity index (χ0v) is 17.0. The van der Waals surface area contributed by atoms with E-state index in [1.165, 1.54) is 0 Å². The molecule has 2 aromatic heterocycles. The third-order valence-electron chi connectivity index (χ3n) is 5.23. The molecule has 0 bridgehead atoms.